The third kappa shape index (κ3) is 4.61. The highest BCUT2D eigenvalue weighted by Gasteiger charge is 2.14. The van der Waals surface area contributed by atoms with Crippen LogP contribution in [0, 0.1) is 27.7 Å². The number of unbranched alkanes of at least 4 members (excludes halogenated alkanes) is 1. The molecule has 3 aromatic rings. The molecule has 0 aliphatic rings. The van der Waals surface area contributed by atoms with Gasteiger partial charge >= 0.3 is 0 Å². The highest BCUT2D eigenvalue weighted by atomic mass is 16.5. The highest BCUT2D eigenvalue weighted by Crippen LogP contribution is 2.25. The molecule has 0 unspecified atom stereocenters. The van der Waals surface area contributed by atoms with Gasteiger partial charge in [0.05, 0.1) is 29.4 Å². The van der Waals surface area contributed by atoms with Gasteiger partial charge in [0.2, 0.25) is 11.6 Å². The number of ether oxygens (including phenoxy) is 1. The molecule has 0 atom stereocenters. The van der Waals surface area contributed by atoms with Gasteiger partial charge < -0.3 is 10.5 Å². The molecule has 9 heteroatoms. The molecule has 0 aromatic carbocycles. The molecular weight excluding hydrogens is 356 g/mol. The molecule has 3 aromatic heterocycles. The van der Waals surface area contributed by atoms with Gasteiger partial charge in [0.15, 0.2) is 0 Å². The molecule has 0 spiro atoms. The van der Waals surface area contributed by atoms with E-state index in [1.165, 1.54) is 0 Å². The van der Waals surface area contributed by atoms with E-state index in [2.05, 4.69) is 35.3 Å². The molecule has 0 saturated carbocycles. The first-order chi connectivity index (χ1) is 13.5. The smallest absolute Gasteiger partial charge is 0.200 e. The zero-order valence-electron chi connectivity index (χ0n) is 16.6. The summed E-state index contributed by atoms with van der Waals surface area (Å²) in [6.07, 6.45) is 1.77. The first kappa shape index (κ1) is 19.7. The van der Waals surface area contributed by atoms with Crippen LogP contribution in [0.2, 0.25) is 0 Å². The Labute approximate surface area is 163 Å². The van der Waals surface area contributed by atoms with Crippen LogP contribution in [0.3, 0.4) is 0 Å². The maximum atomic E-state index is 5.89. The summed E-state index contributed by atoms with van der Waals surface area (Å²) in [5.74, 6) is 1.49. The average molecular weight is 380 g/mol. The molecule has 0 aliphatic carbocycles. The van der Waals surface area contributed by atoms with Gasteiger partial charge in [0.25, 0.3) is 0 Å². The third-order valence-electron chi connectivity index (χ3n) is 4.31. The third-order valence-corrected chi connectivity index (χ3v) is 4.31. The lowest BCUT2D eigenvalue weighted by Gasteiger charge is -2.10. The first-order valence-corrected chi connectivity index (χ1v) is 9.19. The van der Waals surface area contributed by atoms with E-state index in [4.69, 9.17) is 10.5 Å². The number of hydrogen-bond acceptors (Lipinski definition) is 9. The van der Waals surface area contributed by atoms with Crippen molar-refractivity contribution >= 4 is 0 Å². The van der Waals surface area contributed by atoms with Crippen LogP contribution in [-0.2, 0) is 0 Å². The summed E-state index contributed by atoms with van der Waals surface area (Å²) in [5, 5.41) is 16.6. The van der Waals surface area contributed by atoms with Gasteiger partial charge in [0.1, 0.15) is 17.1 Å². The lowest BCUT2D eigenvalue weighted by Crippen LogP contribution is -2.06. The Bertz CT molecular complexity index is 906. The minimum absolute atomic E-state index is 0.425. The lowest BCUT2D eigenvalue weighted by atomic mass is 10.2. The molecule has 28 heavy (non-hydrogen) atoms. The summed E-state index contributed by atoms with van der Waals surface area (Å²) in [6.45, 7) is 8.70. The fourth-order valence-electron chi connectivity index (χ4n) is 2.39. The Morgan fingerprint density at radius 1 is 0.714 bits per heavy atom. The zero-order chi connectivity index (χ0) is 20.1. The van der Waals surface area contributed by atoms with Crippen LogP contribution in [-0.4, -0.2) is 48.5 Å². The van der Waals surface area contributed by atoms with E-state index in [0.29, 0.717) is 41.9 Å². The van der Waals surface area contributed by atoms with Gasteiger partial charge in [-0.2, -0.15) is 10.2 Å². The van der Waals surface area contributed by atoms with E-state index < -0.39 is 0 Å². The van der Waals surface area contributed by atoms with Gasteiger partial charge in [-0.25, -0.2) is 15.0 Å². The minimum atomic E-state index is 0.425. The van der Waals surface area contributed by atoms with E-state index in [9.17, 15) is 0 Å². The fraction of sp³-hybridized carbons (Fsp3) is 0.421. The summed E-state index contributed by atoms with van der Waals surface area (Å²) < 4.78 is 5.89. The molecule has 0 saturated heterocycles. The zero-order valence-corrected chi connectivity index (χ0v) is 16.6. The molecule has 0 bridgehead atoms. The summed E-state index contributed by atoms with van der Waals surface area (Å²) in [4.78, 5) is 13.6. The number of aromatic nitrogens is 7. The Hall–Kier alpha value is -3.07. The Balaban J connectivity index is 2.02. The fourth-order valence-corrected chi connectivity index (χ4v) is 2.39. The topological polar surface area (TPSA) is 125 Å². The van der Waals surface area contributed by atoms with E-state index >= 15 is 0 Å². The Morgan fingerprint density at radius 3 is 1.71 bits per heavy atom. The first-order valence-electron chi connectivity index (χ1n) is 9.19. The van der Waals surface area contributed by atoms with E-state index in [1.54, 1.807) is 12.1 Å². The maximum Gasteiger partial charge on any atom is 0.200 e. The molecule has 0 radical (unpaired) electrons. The predicted octanol–water partition coefficient (Wildman–Crippen LogP) is 2.14. The Morgan fingerprint density at radius 2 is 1.25 bits per heavy atom. The lowest BCUT2D eigenvalue weighted by molar-refractivity contribution is 0.308. The van der Waals surface area contributed by atoms with Crippen LogP contribution < -0.4 is 10.5 Å². The van der Waals surface area contributed by atoms with Crippen molar-refractivity contribution in [2.75, 3.05) is 13.2 Å². The highest BCUT2D eigenvalue weighted by molar-refractivity contribution is 5.61. The number of pyridine rings is 1. The van der Waals surface area contributed by atoms with Crippen LogP contribution in [0.1, 0.15) is 35.6 Å². The quantitative estimate of drug-likeness (QED) is 0.613. The number of aryl methyl sites for hydroxylation is 4. The largest absolute Gasteiger partial charge is 0.493 e. The van der Waals surface area contributed by atoms with Crippen LogP contribution >= 0.6 is 0 Å². The average Bonchev–Trinajstić information content (AvgIpc) is 2.69. The summed E-state index contributed by atoms with van der Waals surface area (Å²) in [5.41, 5.74) is 9.79. The molecule has 146 valence electrons. The summed E-state index contributed by atoms with van der Waals surface area (Å²) in [7, 11) is 0. The van der Waals surface area contributed by atoms with Crippen LogP contribution in [0.5, 0.6) is 5.75 Å². The number of nitrogens with two attached hydrogens (primary N) is 1. The van der Waals surface area contributed by atoms with Crippen molar-refractivity contribution in [1.29, 1.82) is 0 Å². The van der Waals surface area contributed by atoms with Gasteiger partial charge in [-0.1, -0.05) is 0 Å². The van der Waals surface area contributed by atoms with Crippen molar-refractivity contribution in [3.8, 4) is 28.8 Å². The molecule has 0 aliphatic heterocycles. The maximum absolute atomic E-state index is 5.89. The second-order valence-electron chi connectivity index (χ2n) is 6.53. The van der Waals surface area contributed by atoms with E-state index in [1.807, 2.05) is 27.7 Å². The van der Waals surface area contributed by atoms with E-state index in [-0.39, 0.29) is 0 Å². The van der Waals surface area contributed by atoms with Crippen molar-refractivity contribution < 1.29 is 4.74 Å². The van der Waals surface area contributed by atoms with E-state index in [0.717, 1.165) is 35.6 Å². The van der Waals surface area contributed by atoms with Gasteiger partial charge in [-0.15, -0.1) is 10.2 Å². The summed E-state index contributed by atoms with van der Waals surface area (Å²) in [6, 6.07) is 3.60. The number of rotatable bonds is 7. The number of hydrogen-bond donors (Lipinski definition) is 1. The second kappa shape index (κ2) is 8.75. The van der Waals surface area contributed by atoms with Gasteiger partial charge in [-0.3, -0.25) is 0 Å². The molecule has 0 amide bonds. The monoisotopic (exact) mass is 380 g/mol. The molecule has 0 fully saturated rings. The standard InChI is InChI=1S/C19H24N8O/c1-11-13(3)24-26-18(21-11)16-9-15(28-8-6-5-7-20)10-17(23-16)19-22-12(2)14(4)25-27-19/h9-10H,5-8,20H2,1-4H3. The van der Waals surface area contributed by atoms with Crippen LogP contribution in [0.25, 0.3) is 23.0 Å². The SMILES string of the molecule is Cc1nnc(-c2cc(OCCCCN)cc(-c3nnc(C)c(C)n3)n2)nc1C. The molecular formula is C19H24N8O. The Kier molecular flexibility index (Phi) is 6.15. The molecule has 3 heterocycles. The van der Waals surface area contributed by atoms with Gasteiger partial charge in [-0.05, 0) is 47.1 Å². The number of nitrogens with zero attached hydrogens (tertiary/aromatic N) is 7. The summed E-state index contributed by atoms with van der Waals surface area (Å²) >= 11 is 0. The van der Waals surface area contributed by atoms with Crippen LogP contribution in [0.15, 0.2) is 12.1 Å². The normalized spacial score (nSPS) is 10.9. The molecule has 9 nitrogen and oxygen atoms in total. The van der Waals surface area contributed by atoms with Crippen molar-refractivity contribution in [3.05, 3.63) is 34.9 Å². The van der Waals surface area contributed by atoms with Crippen molar-refractivity contribution in [2.45, 2.75) is 40.5 Å². The van der Waals surface area contributed by atoms with Crippen molar-refractivity contribution in [3.63, 3.8) is 0 Å². The predicted molar refractivity (Wildman–Crippen MR) is 105 cm³/mol. The van der Waals surface area contributed by atoms with Crippen molar-refractivity contribution in [2.24, 2.45) is 5.73 Å². The molecule has 3 rings (SSSR count). The van der Waals surface area contributed by atoms with Crippen molar-refractivity contribution in [1.82, 2.24) is 35.3 Å². The van der Waals surface area contributed by atoms with Gasteiger partial charge in [0, 0.05) is 12.1 Å². The molecule has 2 N–H and O–H groups in total. The second-order valence-corrected chi connectivity index (χ2v) is 6.53. The minimum Gasteiger partial charge on any atom is -0.493 e. The van der Waals surface area contributed by atoms with Crippen LogP contribution in [0.4, 0.5) is 0 Å².